The van der Waals surface area contributed by atoms with Gasteiger partial charge in [0, 0.05) is 30.9 Å². The Morgan fingerprint density at radius 3 is 2.62 bits per heavy atom. The topological polar surface area (TPSA) is 73.4 Å². The number of benzene rings is 2. The number of nitrogens with two attached hydrogens (primary N) is 1. The third-order valence-corrected chi connectivity index (χ3v) is 5.10. The van der Waals surface area contributed by atoms with Crippen molar-refractivity contribution in [2.45, 2.75) is 19.4 Å². The average Bonchev–Trinajstić information content (AvgIpc) is 3.35. The number of ether oxygens (including phenoxy) is 1. The number of amides is 1. The highest BCUT2D eigenvalue weighted by atomic mass is 35.5. The lowest BCUT2D eigenvalue weighted by Crippen LogP contribution is -2.32. The molecule has 1 fully saturated rings. The molecule has 1 aliphatic heterocycles. The predicted octanol–water partition coefficient (Wildman–Crippen LogP) is 3.45. The molecule has 1 aromatic heterocycles. The van der Waals surface area contributed by atoms with E-state index in [1.54, 1.807) is 11.8 Å². The summed E-state index contributed by atoms with van der Waals surface area (Å²) in [4.78, 5) is 15.0. The Kier molecular flexibility index (Phi) is 6.25. The van der Waals surface area contributed by atoms with Gasteiger partial charge in [0.2, 0.25) is 0 Å². The van der Waals surface area contributed by atoms with Gasteiger partial charge in [-0.1, -0.05) is 29.8 Å². The summed E-state index contributed by atoms with van der Waals surface area (Å²) in [7, 11) is 1.63. The molecule has 152 valence electrons. The molecular weight excluding hydrogens is 388 g/mol. The Hall–Kier alpha value is -2.83. The van der Waals surface area contributed by atoms with E-state index in [2.05, 4.69) is 0 Å². The Balaban J connectivity index is 0.00000240. The van der Waals surface area contributed by atoms with Crippen LogP contribution in [0, 0.1) is 6.92 Å². The molecule has 0 bridgehead atoms. The van der Waals surface area contributed by atoms with Crippen LogP contribution in [0.3, 0.4) is 0 Å². The fourth-order valence-electron chi connectivity index (χ4n) is 3.49. The van der Waals surface area contributed by atoms with E-state index in [1.165, 1.54) is 5.56 Å². The van der Waals surface area contributed by atoms with Crippen molar-refractivity contribution in [3.8, 4) is 22.7 Å². The van der Waals surface area contributed by atoms with Crippen LogP contribution in [-0.2, 0) is 0 Å². The maximum Gasteiger partial charge on any atom is 0.257 e. The first kappa shape index (κ1) is 20.9. The molecule has 2 N–H and O–H groups in total. The van der Waals surface area contributed by atoms with Gasteiger partial charge in [0.1, 0.15) is 11.4 Å². The molecule has 0 saturated carbocycles. The quantitative estimate of drug-likeness (QED) is 0.712. The molecule has 1 saturated heterocycles. The smallest absolute Gasteiger partial charge is 0.257 e. The molecule has 0 radical (unpaired) electrons. The van der Waals surface area contributed by atoms with Crippen molar-refractivity contribution in [1.29, 1.82) is 0 Å². The van der Waals surface area contributed by atoms with E-state index in [9.17, 15) is 4.79 Å². The Morgan fingerprint density at radius 1 is 1.21 bits per heavy atom. The molecule has 3 aromatic rings. The third-order valence-electron chi connectivity index (χ3n) is 5.10. The van der Waals surface area contributed by atoms with Crippen molar-refractivity contribution in [2.75, 3.05) is 20.2 Å². The van der Waals surface area contributed by atoms with E-state index >= 15 is 0 Å². The second-order valence-corrected chi connectivity index (χ2v) is 7.20. The zero-order valence-electron chi connectivity index (χ0n) is 16.5. The first-order valence-electron chi connectivity index (χ1n) is 9.41. The molecule has 1 amide bonds. The standard InChI is InChI=1S/C22H24N4O2.ClH/c1-15-6-8-18(9-7-15)26-14-20(22(27)25-11-10-17(23)13-25)21(24-26)16-4-3-5-19(12-16)28-2;/h3-9,12,14,17H,10-11,13,23H2,1-2H3;1H/t17-;/m1./s1. The number of hydrogen-bond donors (Lipinski definition) is 1. The van der Waals surface area contributed by atoms with Crippen LogP contribution in [0.4, 0.5) is 0 Å². The van der Waals surface area contributed by atoms with Gasteiger partial charge in [-0.15, -0.1) is 12.4 Å². The highest BCUT2D eigenvalue weighted by molar-refractivity contribution is 6.00. The van der Waals surface area contributed by atoms with Gasteiger partial charge in [-0.2, -0.15) is 5.10 Å². The molecule has 0 aliphatic carbocycles. The van der Waals surface area contributed by atoms with E-state index in [1.807, 2.05) is 66.6 Å². The number of carbonyl (C=O) groups is 1. The van der Waals surface area contributed by atoms with E-state index in [4.69, 9.17) is 15.6 Å². The minimum Gasteiger partial charge on any atom is -0.497 e. The maximum absolute atomic E-state index is 13.2. The molecule has 1 atom stereocenters. The van der Waals surface area contributed by atoms with E-state index in [-0.39, 0.29) is 24.4 Å². The number of aromatic nitrogens is 2. The first-order chi connectivity index (χ1) is 13.5. The lowest BCUT2D eigenvalue weighted by molar-refractivity contribution is 0.0791. The van der Waals surface area contributed by atoms with Crippen molar-refractivity contribution >= 4 is 18.3 Å². The van der Waals surface area contributed by atoms with Gasteiger partial charge in [0.05, 0.1) is 18.4 Å². The van der Waals surface area contributed by atoms with Crippen molar-refractivity contribution in [2.24, 2.45) is 5.73 Å². The number of rotatable bonds is 4. The molecule has 4 rings (SSSR count). The van der Waals surface area contributed by atoms with Crippen molar-refractivity contribution < 1.29 is 9.53 Å². The number of carbonyl (C=O) groups excluding carboxylic acids is 1. The summed E-state index contributed by atoms with van der Waals surface area (Å²) in [5.74, 6) is 0.688. The third kappa shape index (κ3) is 4.28. The largest absolute Gasteiger partial charge is 0.497 e. The van der Waals surface area contributed by atoms with Crippen molar-refractivity contribution in [3.05, 3.63) is 65.9 Å². The van der Waals surface area contributed by atoms with Gasteiger partial charge >= 0.3 is 0 Å². The maximum atomic E-state index is 13.2. The highest BCUT2D eigenvalue weighted by Gasteiger charge is 2.28. The lowest BCUT2D eigenvalue weighted by Gasteiger charge is -2.15. The number of aryl methyl sites for hydroxylation is 1. The summed E-state index contributed by atoms with van der Waals surface area (Å²) in [5, 5.41) is 4.75. The minimum atomic E-state index is -0.0378. The average molecular weight is 413 g/mol. The van der Waals surface area contributed by atoms with E-state index in [0.29, 0.717) is 24.3 Å². The second-order valence-electron chi connectivity index (χ2n) is 7.20. The Labute approximate surface area is 176 Å². The van der Waals surface area contributed by atoms with Gasteiger partial charge in [0.15, 0.2) is 0 Å². The van der Waals surface area contributed by atoms with E-state index < -0.39 is 0 Å². The van der Waals surface area contributed by atoms with Gasteiger partial charge in [-0.05, 0) is 37.6 Å². The zero-order valence-corrected chi connectivity index (χ0v) is 17.4. The monoisotopic (exact) mass is 412 g/mol. The number of methoxy groups -OCH3 is 1. The van der Waals surface area contributed by atoms with Crippen molar-refractivity contribution in [3.63, 3.8) is 0 Å². The predicted molar refractivity (Wildman–Crippen MR) is 116 cm³/mol. The first-order valence-corrected chi connectivity index (χ1v) is 9.41. The van der Waals surface area contributed by atoms with Crippen LogP contribution in [0.2, 0.25) is 0 Å². The van der Waals surface area contributed by atoms with Crippen LogP contribution in [-0.4, -0.2) is 46.8 Å². The van der Waals surface area contributed by atoms with Crippen LogP contribution < -0.4 is 10.5 Å². The van der Waals surface area contributed by atoms with Crippen LogP contribution in [0.25, 0.3) is 16.9 Å². The molecule has 6 nitrogen and oxygen atoms in total. The summed E-state index contributed by atoms with van der Waals surface area (Å²) in [6.45, 7) is 3.29. The molecule has 29 heavy (non-hydrogen) atoms. The fourth-order valence-corrected chi connectivity index (χ4v) is 3.49. The molecule has 2 aromatic carbocycles. The number of hydrogen-bond acceptors (Lipinski definition) is 4. The van der Waals surface area contributed by atoms with Crippen molar-refractivity contribution in [1.82, 2.24) is 14.7 Å². The van der Waals surface area contributed by atoms with Gasteiger partial charge < -0.3 is 15.4 Å². The number of halogens is 1. The lowest BCUT2D eigenvalue weighted by atomic mass is 10.1. The van der Waals surface area contributed by atoms with Crippen LogP contribution in [0.15, 0.2) is 54.7 Å². The fraction of sp³-hybridized carbons (Fsp3) is 0.273. The molecule has 1 aliphatic rings. The summed E-state index contributed by atoms with van der Waals surface area (Å²) < 4.78 is 7.11. The Morgan fingerprint density at radius 2 is 1.97 bits per heavy atom. The molecule has 0 spiro atoms. The minimum absolute atomic E-state index is 0. The highest BCUT2D eigenvalue weighted by Crippen LogP contribution is 2.28. The van der Waals surface area contributed by atoms with E-state index in [0.717, 1.165) is 23.4 Å². The number of likely N-dealkylation sites (tertiary alicyclic amines) is 1. The summed E-state index contributed by atoms with van der Waals surface area (Å²) >= 11 is 0. The van der Waals surface area contributed by atoms with Crippen LogP contribution >= 0.6 is 12.4 Å². The summed E-state index contributed by atoms with van der Waals surface area (Å²) in [6.07, 6.45) is 2.64. The molecular formula is C22H25ClN4O2. The second kappa shape index (κ2) is 8.68. The van der Waals surface area contributed by atoms with Crippen LogP contribution in [0.5, 0.6) is 5.75 Å². The van der Waals surface area contributed by atoms with Crippen LogP contribution in [0.1, 0.15) is 22.3 Å². The Bertz CT molecular complexity index is 1000. The molecule has 0 unspecified atom stereocenters. The molecule has 7 heteroatoms. The summed E-state index contributed by atoms with van der Waals surface area (Å²) in [5.41, 5.74) is 10.1. The van der Waals surface area contributed by atoms with Gasteiger partial charge in [-0.25, -0.2) is 4.68 Å². The molecule has 2 heterocycles. The van der Waals surface area contributed by atoms with Gasteiger partial charge in [0.25, 0.3) is 5.91 Å². The zero-order chi connectivity index (χ0) is 19.7. The SMILES string of the molecule is COc1cccc(-c2nn(-c3ccc(C)cc3)cc2C(=O)N2CC[C@@H](N)C2)c1.Cl. The normalized spacial score (nSPS) is 15.8. The van der Waals surface area contributed by atoms with Gasteiger partial charge in [-0.3, -0.25) is 4.79 Å². The number of nitrogens with zero attached hydrogens (tertiary/aromatic N) is 3. The summed E-state index contributed by atoms with van der Waals surface area (Å²) in [6, 6.07) is 15.7.